The summed E-state index contributed by atoms with van der Waals surface area (Å²) in [5, 5.41) is 0. The third kappa shape index (κ3) is 5.72. The summed E-state index contributed by atoms with van der Waals surface area (Å²) in [5.41, 5.74) is 6.66. The first-order valence-corrected chi connectivity index (χ1v) is 9.35. The lowest BCUT2D eigenvalue weighted by atomic mass is 10.0. The molecule has 29 heavy (non-hydrogen) atoms. The van der Waals surface area contributed by atoms with Crippen molar-refractivity contribution in [3.63, 3.8) is 0 Å². The highest BCUT2D eigenvalue weighted by atomic mass is 35.5. The van der Waals surface area contributed by atoms with Crippen molar-refractivity contribution < 1.29 is 22.7 Å². The molecule has 4 nitrogen and oxygen atoms in total. The van der Waals surface area contributed by atoms with Crippen LogP contribution in [-0.2, 0) is 4.74 Å². The largest absolute Gasteiger partial charge is 0.378 e. The van der Waals surface area contributed by atoms with Gasteiger partial charge in [-0.3, -0.25) is 4.79 Å². The van der Waals surface area contributed by atoms with Crippen LogP contribution in [0.1, 0.15) is 29.6 Å². The van der Waals surface area contributed by atoms with E-state index in [-0.39, 0.29) is 30.0 Å². The highest BCUT2D eigenvalue weighted by Crippen LogP contribution is 2.25. The Bertz CT molecular complexity index is 802. The number of amides is 1. The Morgan fingerprint density at radius 2 is 1.62 bits per heavy atom. The van der Waals surface area contributed by atoms with Crippen LogP contribution in [0.15, 0.2) is 36.4 Å². The first-order chi connectivity index (χ1) is 13.5. The van der Waals surface area contributed by atoms with Gasteiger partial charge in [0.25, 0.3) is 5.91 Å². The van der Waals surface area contributed by atoms with E-state index in [1.54, 1.807) is 29.2 Å². The number of carbonyl (C=O) groups excluding carboxylic acids is 1. The second-order valence-electron chi connectivity index (χ2n) is 6.84. The molecule has 0 aliphatic carbocycles. The van der Waals surface area contributed by atoms with E-state index in [9.17, 15) is 18.0 Å². The summed E-state index contributed by atoms with van der Waals surface area (Å²) < 4.78 is 45.7. The van der Waals surface area contributed by atoms with Crippen LogP contribution in [-0.4, -0.2) is 43.2 Å². The molecule has 2 N–H and O–H groups in total. The van der Waals surface area contributed by atoms with Crippen LogP contribution in [0.25, 0.3) is 11.1 Å². The summed E-state index contributed by atoms with van der Waals surface area (Å²) in [6.45, 7) is 2.47. The van der Waals surface area contributed by atoms with Crippen LogP contribution in [0.2, 0.25) is 0 Å². The fraction of sp³-hybridized carbons (Fsp3) is 0.381. The molecule has 8 heteroatoms. The second-order valence-corrected chi connectivity index (χ2v) is 6.84. The number of halogens is 4. The molecule has 0 bridgehead atoms. The lowest BCUT2D eigenvalue weighted by Gasteiger charge is -2.32. The maximum atomic E-state index is 13.4. The van der Waals surface area contributed by atoms with E-state index in [4.69, 9.17) is 10.5 Å². The van der Waals surface area contributed by atoms with Gasteiger partial charge in [-0.2, -0.15) is 0 Å². The molecule has 0 spiro atoms. The van der Waals surface area contributed by atoms with Crippen LogP contribution in [0.5, 0.6) is 0 Å². The molecule has 0 unspecified atom stereocenters. The van der Waals surface area contributed by atoms with E-state index in [1.807, 2.05) is 0 Å². The Hall–Kier alpha value is -2.09. The van der Waals surface area contributed by atoms with E-state index >= 15 is 0 Å². The van der Waals surface area contributed by atoms with Crippen LogP contribution in [0.3, 0.4) is 0 Å². The van der Waals surface area contributed by atoms with Crippen molar-refractivity contribution in [2.24, 2.45) is 5.73 Å². The van der Waals surface area contributed by atoms with Gasteiger partial charge in [0, 0.05) is 25.3 Å². The summed E-state index contributed by atoms with van der Waals surface area (Å²) in [7, 11) is 0. The molecular weight excluding hydrogens is 405 g/mol. The molecule has 2 aromatic carbocycles. The molecule has 158 valence electrons. The minimum Gasteiger partial charge on any atom is -0.378 e. The number of likely N-dealkylation sites (tertiary alicyclic amines) is 1. The van der Waals surface area contributed by atoms with Gasteiger partial charge >= 0.3 is 0 Å². The summed E-state index contributed by atoms with van der Waals surface area (Å²) in [4.78, 5) is 14.4. The number of hydrogen-bond donors (Lipinski definition) is 1. The molecular formula is C21H24ClF3N2O2. The zero-order valence-electron chi connectivity index (χ0n) is 15.9. The van der Waals surface area contributed by atoms with E-state index in [2.05, 4.69) is 0 Å². The van der Waals surface area contributed by atoms with Crippen LogP contribution in [0, 0.1) is 17.5 Å². The van der Waals surface area contributed by atoms with Crippen LogP contribution >= 0.6 is 12.4 Å². The smallest absolute Gasteiger partial charge is 0.253 e. The topological polar surface area (TPSA) is 55.6 Å². The molecule has 3 rings (SSSR count). The molecule has 0 aromatic heterocycles. The maximum Gasteiger partial charge on any atom is 0.253 e. The summed E-state index contributed by atoms with van der Waals surface area (Å²) >= 11 is 0. The summed E-state index contributed by atoms with van der Waals surface area (Å²) in [6, 6.07) is 8.29. The van der Waals surface area contributed by atoms with Crippen molar-refractivity contribution in [1.82, 2.24) is 4.90 Å². The van der Waals surface area contributed by atoms with E-state index in [0.717, 1.165) is 31.4 Å². The van der Waals surface area contributed by atoms with Crippen molar-refractivity contribution in [3.05, 3.63) is 59.4 Å². The Morgan fingerprint density at radius 3 is 2.17 bits per heavy atom. The number of nitrogens with two attached hydrogens (primary N) is 1. The highest BCUT2D eigenvalue weighted by molar-refractivity contribution is 5.94. The van der Waals surface area contributed by atoms with Crippen molar-refractivity contribution in [3.8, 4) is 11.1 Å². The van der Waals surface area contributed by atoms with Crippen molar-refractivity contribution in [1.29, 1.82) is 0 Å². The molecule has 1 amide bonds. The number of piperidine rings is 1. The number of hydrogen-bond acceptors (Lipinski definition) is 3. The number of nitrogens with zero attached hydrogens (tertiary/aromatic N) is 1. The first kappa shape index (κ1) is 23.2. The zero-order valence-corrected chi connectivity index (χ0v) is 16.7. The van der Waals surface area contributed by atoms with Crippen LogP contribution in [0.4, 0.5) is 13.2 Å². The SMILES string of the molecule is Cl.NCCCOC1CCN(C(=O)c2ccc(-c3cc(F)c(F)c(F)c3)cc2)CC1. The summed E-state index contributed by atoms with van der Waals surface area (Å²) in [6.07, 6.45) is 2.54. The molecule has 1 saturated heterocycles. The number of rotatable bonds is 6. The lowest BCUT2D eigenvalue weighted by Crippen LogP contribution is -2.41. The fourth-order valence-corrected chi connectivity index (χ4v) is 3.27. The number of carbonyl (C=O) groups is 1. The minimum absolute atomic E-state index is 0. The predicted octanol–water partition coefficient (Wildman–Crippen LogP) is 4.16. The van der Waals surface area contributed by atoms with Gasteiger partial charge in [0.15, 0.2) is 17.5 Å². The van der Waals surface area contributed by atoms with E-state index < -0.39 is 17.5 Å². The van der Waals surface area contributed by atoms with Gasteiger partial charge in [0.1, 0.15) is 0 Å². The molecule has 1 aliphatic rings. The van der Waals surface area contributed by atoms with Crippen molar-refractivity contribution in [2.75, 3.05) is 26.2 Å². The highest BCUT2D eigenvalue weighted by Gasteiger charge is 2.24. The van der Waals surface area contributed by atoms with E-state index in [0.29, 0.717) is 37.4 Å². The molecule has 0 radical (unpaired) electrons. The van der Waals surface area contributed by atoms with Crippen molar-refractivity contribution >= 4 is 18.3 Å². The number of benzene rings is 2. The molecule has 1 aliphatic heterocycles. The van der Waals surface area contributed by atoms with Gasteiger partial charge in [-0.25, -0.2) is 13.2 Å². The molecule has 0 atom stereocenters. The monoisotopic (exact) mass is 428 g/mol. The Morgan fingerprint density at radius 1 is 1.03 bits per heavy atom. The normalized spacial score (nSPS) is 14.6. The Balaban J connectivity index is 0.00000300. The zero-order chi connectivity index (χ0) is 20.1. The minimum atomic E-state index is -1.49. The van der Waals surface area contributed by atoms with Gasteiger partial charge in [-0.1, -0.05) is 12.1 Å². The van der Waals surface area contributed by atoms with Gasteiger partial charge in [-0.05, 0) is 61.2 Å². The lowest BCUT2D eigenvalue weighted by molar-refractivity contribution is 0.00844. The average Bonchev–Trinajstić information content (AvgIpc) is 2.72. The molecule has 2 aromatic rings. The van der Waals surface area contributed by atoms with Crippen LogP contribution < -0.4 is 5.73 Å². The second kappa shape index (κ2) is 10.6. The molecule has 1 heterocycles. The van der Waals surface area contributed by atoms with Gasteiger partial charge in [0.2, 0.25) is 0 Å². The first-order valence-electron chi connectivity index (χ1n) is 9.35. The van der Waals surface area contributed by atoms with Gasteiger partial charge < -0.3 is 15.4 Å². The Labute approximate surface area is 174 Å². The molecule has 0 saturated carbocycles. The third-order valence-electron chi connectivity index (χ3n) is 4.88. The third-order valence-corrected chi connectivity index (χ3v) is 4.88. The Kier molecular flexibility index (Phi) is 8.49. The quantitative estimate of drug-likeness (QED) is 0.555. The summed E-state index contributed by atoms with van der Waals surface area (Å²) in [5.74, 6) is -4.08. The van der Waals surface area contributed by atoms with Gasteiger partial charge in [-0.15, -0.1) is 12.4 Å². The van der Waals surface area contributed by atoms with E-state index in [1.165, 1.54) is 0 Å². The predicted molar refractivity (Wildman–Crippen MR) is 108 cm³/mol. The fourth-order valence-electron chi connectivity index (χ4n) is 3.27. The van der Waals surface area contributed by atoms with Gasteiger partial charge in [0.05, 0.1) is 6.10 Å². The maximum absolute atomic E-state index is 13.4. The average molecular weight is 429 g/mol. The van der Waals surface area contributed by atoms with Crippen molar-refractivity contribution in [2.45, 2.75) is 25.4 Å². The standard InChI is InChI=1S/C21H23F3N2O2.ClH/c22-18-12-16(13-19(23)20(18)24)14-2-4-15(5-3-14)21(27)26-9-6-17(7-10-26)28-11-1-8-25;/h2-5,12-13,17H,1,6-11,25H2;1H. The molecule has 1 fully saturated rings. The number of ether oxygens (including phenoxy) is 1.